The van der Waals surface area contributed by atoms with Crippen LogP contribution in [0.3, 0.4) is 0 Å². The summed E-state index contributed by atoms with van der Waals surface area (Å²) in [6.45, 7) is 0.959. The minimum atomic E-state index is -1.42. The Morgan fingerprint density at radius 1 is 1.45 bits per heavy atom. The van der Waals surface area contributed by atoms with Crippen LogP contribution in [0.4, 0.5) is 14.9 Å². The van der Waals surface area contributed by atoms with Crippen LogP contribution in [0.15, 0.2) is 18.2 Å². The maximum atomic E-state index is 13.5. The highest BCUT2D eigenvalue weighted by Crippen LogP contribution is 2.20. The average Bonchev–Trinajstić information content (AvgIpc) is 2.38. The number of urea groups is 1. The second kappa shape index (κ2) is 5.87. The fourth-order valence-electron chi connectivity index (χ4n) is 2.23. The highest BCUT2D eigenvalue weighted by atomic mass is 19.1. The van der Waals surface area contributed by atoms with Crippen LogP contribution in [-0.4, -0.2) is 41.1 Å². The van der Waals surface area contributed by atoms with Crippen molar-refractivity contribution in [3.8, 4) is 0 Å². The van der Waals surface area contributed by atoms with E-state index in [0.29, 0.717) is 13.1 Å². The van der Waals surface area contributed by atoms with Crippen LogP contribution in [0.2, 0.25) is 0 Å². The molecule has 0 spiro atoms. The molecule has 0 bridgehead atoms. The smallest absolute Gasteiger partial charge is 0.340 e. The second-order valence-corrected chi connectivity index (χ2v) is 4.75. The molecule has 1 unspecified atom stereocenters. The molecule has 0 radical (unpaired) electrons. The van der Waals surface area contributed by atoms with Gasteiger partial charge in [0.2, 0.25) is 0 Å². The fourth-order valence-corrected chi connectivity index (χ4v) is 2.23. The Kier molecular flexibility index (Phi) is 4.19. The molecule has 1 atom stereocenters. The summed E-state index contributed by atoms with van der Waals surface area (Å²) in [4.78, 5) is 24.6. The van der Waals surface area contributed by atoms with E-state index in [4.69, 9.17) is 10.8 Å². The third kappa shape index (κ3) is 3.05. The number of rotatable bonds is 2. The van der Waals surface area contributed by atoms with Gasteiger partial charge in [0.1, 0.15) is 11.4 Å². The number of carboxylic acid groups (broad SMARTS) is 1. The first kappa shape index (κ1) is 14.3. The molecule has 1 fully saturated rings. The van der Waals surface area contributed by atoms with Crippen molar-refractivity contribution in [2.75, 3.05) is 18.4 Å². The lowest BCUT2D eigenvalue weighted by molar-refractivity contribution is 0.0693. The topological polar surface area (TPSA) is 95.7 Å². The summed E-state index contributed by atoms with van der Waals surface area (Å²) in [5.74, 6) is -2.31. The number of piperidine rings is 1. The molecule has 4 N–H and O–H groups in total. The molecule has 0 aromatic heterocycles. The Bertz CT molecular complexity index is 536. The van der Waals surface area contributed by atoms with Gasteiger partial charge in [-0.2, -0.15) is 0 Å². The lowest BCUT2D eigenvalue weighted by Gasteiger charge is -2.30. The molecule has 2 amide bonds. The number of nitrogens with zero attached hydrogens (tertiary/aromatic N) is 1. The van der Waals surface area contributed by atoms with Gasteiger partial charge in [-0.05, 0) is 25.0 Å². The summed E-state index contributed by atoms with van der Waals surface area (Å²) >= 11 is 0. The molecule has 1 aliphatic rings. The van der Waals surface area contributed by atoms with Crippen molar-refractivity contribution in [1.82, 2.24) is 4.90 Å². The third-order valence-corrected chi connectivity index (χ3v) is 3.21. The molecule has 20 heavy (non-hydrogen) atoms. The number of carbonyl (C=O) groups is 2. The number of nitrogens with one attached hydrogen (secondary N) is 1. The molecule has 6 nitrogen and oxygen atoms in total. The summed E-state index contributed by atoms with van der Waals surface area (Å²) in [5, 5.41) is 11.4. The number of likely N-dealkylation sites (tertiary alicyclic amines) is 1. The highest BCUT2D eigenvalue weighted by Gasteiger charge is 2.23. The zero-order valence-electron chi connectivity index (χ0n) is 10.8. The van der Waals surface area contributed by atoms with Crippen LogP contribution in [-0.2, 0) is 0 Å². The van der Waals surface area contributed by atoms with Crippen molar-refractivity contribution in [3.05, 3.63) is 29.6 Å². The van der Waals surface area contributed by atoms with E-state index in [-0.39, 0.29) is 11.7 Å². The molecule has 1 heterocycles. The minimum absolute atomic E-state index is 0.0540. The van der Waals surface area contributed by atoms with Gasteiger partial charge in [0.25, 0.3) is 0 Å². The molecule has 1 aromatic carbocycles. The van der Waals surface area contributed by atoms with E-state index >= 15 is 0 Å². The predicted octanol–water partition coefficient (Wildman–Crippen LogP) is 1.48. The van der Waals surface area contributed by atoms with Crippen LogP contribution in [0.25, 0.3) is 0 Å². The van der Waals surface area contributed by atoms with Crippen molar-refractivity contribution in [2.45, 2.75) is 18.9 Å². The molecule has 0 aliphatic carbocycles. The fraction of sp³-hybridized carbons (Fsp3) is 0.385. The van der Waals surface area contributed by atoms with Crippen molar-refractivity contribution < 1.29 is 19.1 Å². The summed E-state index contributed by atoms with van der Waals surface area (Å²) in [7, 11) is 0. The number of carboxylic acids is 1. The number of nitrogens with two attached hydrogens (primary N) is 1. The maximum Gasteiger partial charge on any atom is 0.340 e. The highest BCUT2D eigenvalue weighted by molar-refractivity contribution is 6.00. The zero-order valence-corrected chi connectivity index (χ0v) is 10.8. The normalized spacial score (nSPS) is 18.7. The van der Waals surface area contributed by atoms with Gasteiger partial charge in [0.05, 0.1) is 5.69 Å². The monoisotopic (exact) mass is 281 g/mol. The summed E-state index contributed by atoms with van der Waals surface area (Å²) in [6, 6.07) is 3.19. The number of hydrogen-bond acceptors (Lipinski definition) is 3. The largest absolute Gasteiger partial charge is 0.478 e. The van der Waals surface area contributed by atoms with E-state index in [1.165, 1.54) is 17.0 Å². The number of carbonyl (C=O) groups excluding carboxylic acids is 1. The first-order valence-electron chi connectivity index (χ1n) is 6.32. The van der Waals surface area contributed by atoms with Crippen molar-refractivity contribution in [3.63, 3.8) is 0 Å². The van der Waals surface area contributed by atoms with E-state index in [9.17, 15) is 14.0 Å². The van der Waals surface area contributed by atoms with Gasteiger partial charge in [0.15, 0.2) is 0 Å². The van der Waals surface area contributed by atoms with Gasteiger partial charge in [-0.3, -0.25) is 0 Å². The van der Waals surface area contributed by atoms with Gasteiger partial charge in [-0.1, -0.05) is 6.07 Å². The Hall–Kier alpha value is -2.15. The first-order chi connectivity index (χ1) is 9.49. The molecular weight excluding hydrogens is 265 g/mol. The van der Waals surface area contributed by atoms with Crippen LogP contribution in [0, 0.1) is 5.82 Å². The van der Waals surface area contributed by atoms with Gasteiger partial charge >= 0.3 is 12.0 Å². The van der Waals surface area contributed by atoms with Gasteiger partial charge in [0, 0.05) is 19.1 Å². The molecule has 1 aliphatic heterocycles. The summed E-state index contributed by atoms with van der Waals surface area (Å²) in [5.41, 5.74) is 5.19. The summed E-state index contributed by atoms with van der Waals surface area (Å²) < 4.78 is 13.5. The molecule has 2 rings (SSSR count). The zero-order chi connectivity index (χ0) is 14.7. The molecule has 1 aromatic rings. The van der Waals surface area contributed by atoms with Crippen molar-refractivity contribution in [1.29, 1.82) is 0 Å². The van der Waals surface area contributed by atoms with Crippen LogP contribution >= 0.6 is 0 Å². The van der Waals surface area contributed by atoms with E-state index in [0.717, 1.165) is 18.9 Å². The second-order valence-electron chi connectivity index (χ2n) is 4.75. The van der Waals surface area contributed by atoms with Crippen LogP contribution in [0.5, 0.6) is 0 Å². The number of aromatic carboxylic acids is 1. The third-order valence-electron chi connectivity index (χ3n) is 3.21. The van der Waals surface area contributed by atoms with Crippen molar-refractivity contribution in [2.24, 2.45) is 5.73 Å². The van der Waals surface area contributed by atoms with E-state index < -0.39 is 23.4 Å². The SMILES string of the molecule is NC1CCCN(C(=O)Nc2cccc(F)c2C(=O)O)C1. The number of anilines is 1. The van der Waals surface area contributed by atoms with Crippen LogP contribution < -0.4 is 11.1 Å². The molecule has 7 heteroatoms. The Morgan fingerprint density at radius 2 is 2.20 bits per heavy atom. The molecular formula is C13H16FN3O3. The van der Waals surface area contributed by atoms with E-state index in [2.05, 4.69) is 5.32 Å². The number of hydrogen-bond donors (Lipinski definition) is 3. The Labute approximate surface area is 115 Å². The molecule has 1 saturated heterocycles. The molecule has 108 valence electrons. The van der Waals surface area contributed by atoms with E-state index in [1.807, 2.05) is 0 Å². The number of halogens is 1. The quantitative estimate of drug-likeness (QED) is 0.765. The first-order valence-corrected chi connectivity index (χ1v) is 6.32. The van der Waals surface area contributed by atoms with Gasteiger partial charge < -0.3 is 21.1 Å². The standard InChI is InChI=1S/C13H16FN3O3/c14-9-4-1-5-10(11(9)12(18)19)16-13(20)17-6-2-3-8(15)7-17/h1,4-5,8H,2-3,6-7,15H2,(H,16,20)(H,18,19). The van der Waals surface area contributed by atoms with Crippen molar-refractivity contribution >= 4 is 17.7 Å². The number of benzene rings is 1. The summed E-state index contributed by atoms with van der Waals surface area (Å²) in [6.07, 6.45) is 1.65. The predicted molar refractivity (Wildman–Crippen MR) is 71.2 cm³/mol. The van der Waals surface area contributed by atoms with Gasteiger partial charge in [-0.15, -0.1) is 0 Å². The maximum absolute atomic E-state index is 13.5. The average molecular weight is 281 g/mol. The molecule has 0 saturated carbocycles. The Balaban J connectivity index is 2.15. The van der Waals surface area contributed by atoms with E-state index in [1.54, 1.807) is 0 Å². The number of amides is 2. The Morgan fingerprint density at radius 3 is 2.85 bits per heavy atom. The van der Waals surface area contributed by atoms with Gasteiger partial charge in [-0.25, -0.2) is 14.0 Å². The lowest BCUT2D eigenvalue weighted by Crippen LogP contribution is -2.47. The minimum Gasteiger partial charge on any atom is -0.478 e. The van der Waals surface area contributed by atoms with Crippen LogP contribution in [0.1, 0.15) is 23.2 Å². The lowest BCUT2D eigenvalue weighted by atomic mass is 10.1.